The average molecular weight is 312 g/mol. The minimum Gasteiger partial charge on any atom is -0.467 e. The summed E-state index contributed by atoms with van der Waals surface area (Å²) in [7, 11) is 0. The zero-order chi connectivity index (χ0) is 16.1. The summed E-state index contributed by atoms with van der Waals surface area (Å²) in [6, 6.07) is 13.4. The Hall–Kier alpha value is -2.82. The number of nitrogens with one attached hydrogen (secondary N) is 1. The van der Waals surface area contributed by atoms with E-state index in [2.05, 4.69) is 5.32 Å². The quantitative estimate of drug-likeness (QED) is 0.757. The molecule has 0 aliphatic carbocycles. The molecule has 0 aliphatic rings. The summed E-state index contributed by atoms with van der Waals surface area (Å²) in [6.45, 7) is 0.341. The zero-order valence-electron chi connectivity index (χ0n) is 12.5. The molecule has 0 saturated carbocycles. The lowest BCUT2D eigenvalue weighted by atomic mass is 10.0. The maximum Gasteiger partial charge on any atom is 0.222 e. The van der Waals surface area contributed by atoms with Gasteiger partial charge in [0, 0.05) is 12.4 Å². The van der Waals surface area contributed by atoms with E-state index < -0.39 is 0 Å². The van der Waals surface area contributed by atoms with E-state index in [1.54, 1.807) is 24.5 Å². The van der Waals surface area contributed by atoms with Crippen LogP contribution in [-0.4, -0.2) is 10.5 Å². The standard InChI is InChI=1S/C18H17FN2O2/c19-15-6-3-5-14(11-15)17(21-8-1-2-9-21)12-18(22)20-13-16-7-4-10-23-16/h1-11,17H,12-13H2,(H,20,22)/t17-/m1/s1. The Morgan fingerprint density at radius 1 is 1.17 bits per heavy atom. The van der Waals surface area contributed by atoms with Crippen molar-refractivity contribution in [3.8, 4) is 0 Å². The lowest BCUT2D eigenvalue weighted by molar-refractivity contribution is -0.121. The van der Waals surface area contributed by atoms with Crippen LogP contribution in [0.25, 0.3) is 0 Å². The largest absolute Gasteiger partial charge is 0.467 e. The van der Waals surface area contributed by atoms with E-state index in [0.29, 0.717) is 12.3 Å². The second-order valence-electron chi connectivity index (χ2n) is 5.26. The molecule has 5 heteroatoms. The molecule has 0 unspecified atom stereocenters. The van der Waals surface area contributed by atoms with Crippen molar-refractivity contribution in [2.24, 2.45) is 0 Å². The fourth-order valence-corrected chi connectivity index (χ4v) is 2.51. The number of hydrogen-bond donors (Lipinski definition) is 1. The van der Waals surface area contributed by atoms with Crippen molar-refractivity contribution in [1.82, 2.24) is 9.88 Å². The van der Waals surface area contributed by atoms with Crippen LogP contribution in [0.3, 0.4) is 0 Å². The second-order valence-corrected chi connectivity index (χ2v) is 5.26. The first-order chi connectivity index (χ1) is 11.2. The van der Waals surface area contributed by atoms with Crippen molar-refractivity contribution in [2.75, 3.05) is 0 Å². The Balaban J connectivity index is 1.72. The fourth-order valence-electron chi connectivity index (χ4n) is 2.51. The van der Waals surface area contributed by atoms with Crippen molar-refractivity contribution < 1.29 is 13.6 Å². The molecule has 1 aromatic carbocycles. The third-order valence-corrected chi connectivity index (χ3v) is 3.64. The first-order valence-corrected chi connectivity index (χ1v) is 7.39. The highest BCUT2D eigenvalue weighted by atomic mass is 19.1. The highest BCUT2D eigenvalue weighted by molar-refractivity contribution is 5.76. The number of furan rings is 1. The van der Waals surface area contributed by atoms with Gasteiger partial charge in [0.25, 0.3) is 0 Å². The lowest BCUT2D eigenvalue weighted by Crippen LogP contribution is -2.26. The molecule has 0 spiro atoms. The molecule has 1 N–H and O–H groups in total. The first kappa shape index (κ1) is 15.1. The molecule has 1 atom stereocenters. The van der Waals surface area contributed by atoms with Gasteiger partial charge in [-0.3, -0.25) is 4.79 Å². The summed E-state index contributed by atoms with van der Waals surface area (Å²) >= 11 is 0. The van der Waals surface area contributed by atoms with Crippen molar-refractivity contribution in [3.05, 3.63) is 84.3 Å². The number of halogens is 1. The summed E-state index contributed by atoms with van der Waals surface area (Å²) in [5, 5.41) is 2.82. The Bertz CT molecular complexity index is 751. The topological polar surface area (TPSA) is 47.2 Å². The smallest absolute Gasteiger partial charge is 0.222 e. The maximum atomic E-state index is 13.5. The van der Waals surface area contributed by atoms with E-state index in [1.165, 1.54) is 12.1 Å². The van der Waals surface area contributed by atoms with Gasteiger partial charge in [-0.05, 0) is 42.0 Å². The van der Waals surface area contributed by atoms with Crippen LogP contribution in [0, 0.1) is 5.82 Å². The van der Waals surface area contributed by atoms with Gasteiger partial charge in [0.15, 0.2) is 0 Å². The van der Waals surface area contributed by atoms with E-state index in [-0.39, 0.29) is 24.2 Å². The number of aromatic nitrogens is 1. The predicted molar refractivity (Wildman–Crippen MR) is 84.1 cm³/mol. The van der Waals surface area contributed by atoms with Crippen LogP contribution in [0.1, 0.15) is 23.8 Å². The van der Waals surface area contributed by atoms with Gasteiger partial charge in [-0.1, -0.05) is 12.1 Å². The Morgan fingerprint density at radius 2 is 2.00 bits per heavy atom. The van der Waals surface area contributed by atoms with Crippen LogP contribution in [0.15, 0.2) is 71.6 Å². The van der Waals surface area contributed by atoms with Gasteiger partial charge in [-0.2, -0.15) is 0 Å². The third kappa shape index (κ3) is 3.88. The van der Waals surface area contributed by atoms with Crippen LogP contribution in [0.2, 0.25) is 0 Å². The summed E-state index contributed by atoms with van der Waals surface area (Å²) in [6.07, 6.45) is 5.53. The van der Waals surface area contributed by atoms with Gasteiger partial charge in [-0.25, -0.2) is 4.39 Å². The number of carbonyl (C=O) groups excluding carboxylic acids is 1. The number of nitrogens with zero attached hydrogens (tertiary/aromatic N) is 1. The first-order valence-electron chi connectivity index (χ1n) is 7.39. The van der Waals surface area contributed by atoms with Gasteiger partial charge < -0.3 is 14.3 Å². The Morgan fingerprint density at radius 3 is 2.70 bits per heavy atom. The highest BCUT2D eigenvalue weighted by Crippen LogP contribution is 2.23. The molecule has 2 heterocycles. The minimum absolute atomic E-state index is 0.121. The van der Waals surface area contributed by atoms with Crippen LogP contribution >= 0.6 is 0 Å². The molecule has 3 aromatic rings. The normalized spacial score (nSPS) is 12.0. The van der Waals surface area contributed by atoms with Crippen molar-refractivity contribution >= 4 is 5.91 Å². The van der Waals surface area contributed by atoms with Crippen molar-refractivity contribution in [3.63, 3.8) is 0 Å². The van der Waals surface area contributed by atoms with E-state index in [0.717, 1.165) is 5.56 Å². The molecule has 0 saturated heterocycles. The third-order valence-electron chi connectivity index (χ3n) is 3.64. The number of benzene rings is 1. The van der Waals surface area contributed by atoms with Gasteiger partial charge in [-0.15, -0.1) is 0 Å². The SMILES string of the molecule is O=C(C[C@H](c1cccc(F)c1)n1cccc1)NCc1ccco1. The van der Waals surface area contributed by atoms with Crippen LogP contribution in [-0.2, 0) is 11.3 Å². The summed E-state index contributed by atoms with van der Waals surface area (Å²) < 4.78 is 20.6. The molecule has 0 radical (unpaired) electrons. The van der Waals surface area contributed by atoms with E-state index in [9.17, 15) is 9.18 Å². The average Bonchev–Trinajstić information content (AvgIpc) is 3.24. The second kappa shape index (κ2) is 6.96. The lowest BCUT2D eigenvalue weighted by Gasteiger charge is -2.19. The van der Waals surface area contributed by atoms with Crippen LogP contribution < -0.4 is 5.32 Å². The van der Waals surface area contributed by atoms with E-state index in [4.69, 9.17) is 4.42 Å². The Labute approximate surface area is 133 Å². The van der Waals surface area contributed by atoms with E-state index >= 15 is 0 Å². The molecule has 4 nitrogen and oxygen atoms in total. The monoisotopic (exact) mass is 312 g/mol. The molecule has 0 fully saturated rings. The molecule has 0 bridgehead atoms. The van der Waals surface area contributed by atoms with Gasteiger partial charge in [0.1, 0.15) is 11.6 Å². The molecule has 0 aliphatic heterocycles. The number of hydrogen-bond acceptors (Lipinski definition) is 2. The highest BCUT2D eigenvalue weighted by Gasteiger charge is 2.18. The molecule has 118 valence electrons. The molecule has 2 aromatic heterocycles. The van der Waals surface area contributed by atoms with Crippen molar-refractivity contribution in [2.45, 2.75) is 19.0 Å². The minimum atomic E-state index is -0.310. The molecule has 3 rings (SSSR count). The molecule has 1 amide bonds. The number of amides is 1. The van der Waals surface area contributed by atoms with Crippen LogP contribution in [0.5, 0.6) is 0 Å². The maximum absolute atomic E-state index is 13.5. The summed E-state index contributed by atoms with van der Waals surface area (Å²) in [5.74, 6) is 0.265. The number of carbonyl (C=O) groups is 1. The van der Waals surface area contributed by atoms with Gasteiger partial charge in [0.2, 0.25) is 5.91 Å². The zero-order valence-corrected chi connectivity index (χ0v) is 12.5. The molecule has 23 heavy (non-hydrogen) atoms. The van der Waals surface area contributed by atoms with Gasteiger partial charge >= 0.3 is 0 Å². The van der Waals surface area contributed by atoms with Crippen LogP contribution in [0.4, 0.5) is 4.39 Å². The Kier molecular flexibility index (Phi) is 4.57. The predicted octanol–water partition coefficient (Wildman–Crippen LogP) is 3.52. The molecular weight excluding hydrogens is 295 g/mol. The van der Waals surface area contributed by atoms with Crippen molar-refractivity contribution in [1.29, 1.82) is 0 Å². The molecular formula is C18H17FN2O2. The van der Waals surface area contributed by atoms with Gasteiger partial charge in [0.05, 0.1) is 25.3 Å². The fraction of sp³-hybridized carbons (Fsp3) is 0.167. The summed E-state index contributed by atoms with van der Waals surface area (Å²) in [5.41, 5.74) is 0.759. The number of rotatable bonds is 6. The van der Waals surface area contributed by atoms with E-state index in [1.807, 2.05) is 35.2 Å². The summed E-state index contributed by atoms with van der Waals surface area (Å²) in [4.78, 5) is 12.2.